The van der Waals surface area contributed by atoms with Crippen molar-refractivity contribution in [3.05, 3.63) is 29.3 Å². The van der Waals surface area contributed by atoms with Gasteiger partial charge in [0.1, 0.15) is 5.75 Å². The number of ether oxygens (including phenoxy) is 1. The lowest BCUT2D eigenvalue weighted by atomic mass is 10.1. The number of rotatable bonds is 6. The van der Waals surface area contributed by atoms with Crippen molar-refractivity contribution >= 4 is 0 Å². The van der Waals surface area contributed by atoms with E-state index < -0.39 is 0 Å². The highest BCUT2D eigenvalue weighted by Gasteiger charge is 2.01. The molecule has 0 aliphatic rings. The number of hydrogen-bond acceptors (Lipinski definition) is 3. The van der Waals surface area contributed by atoms with Crippen LogP contribution in [0, 0.1) is 6.92 Å². The Morgan fingerprint density at radius 1 is 1.40 bits per heavy atom. The quantitative estimate of drug-likeness (QED) is 0.695. The van der Waals surface area contributed by atoms with Crippen LogP contribution in [0.3, 0.4) is 0 Å². The molecule has 3 heteroatoms. The third-order valence-electron chi connectivity index (χ3n) is 2.31. The van der Waals surface area contributed by atoms with Gasteiger partial charge in [-0.3, -0.25) is 0 Å². The predicted octanol–water partition coefficient (Wildman–Crippen LogP) is 1.44. The maximum Gasteiger partial charge on any atom is 0.123 e. The maximum absolute atomic E-state index is 5.42. The molecule has 0 aliphatic heterocycles. The second kappa shape index (κ2) is 6.43. The summed E-state index contributed by atoms with van der Waals surface area (Å²) in [6, 6.07) is 6.21. The number of nitrogens with one attached hydrogen (secondary N) is 1. The lowest BCUT2D eigenvalue weighted by Crippen LogP contribution is -2.18. The molecule has 3 N–H and O–H groups in total. The average molecular weight is 208 g/mol. The molecule has 0 spiro atoms. The van der Waals surface area contributed by atoms with E-state index in [2.05, 4.69) is 24.4 Å². The number of hydrogen-bond donors (Lipinski definition) is 2. The minimum atomic E-state index is 0.734. The smallest absolute Gasteiger partial charge is 0.123 e. The summed E-state index contributed by atoms with van der Waals surface area (Å²) in [5.41, 5.74) is 7.88. The van der Waals surface area contributed by atoms with Crippen molar-refractivity contribution in [1.29, 1.82) is 0 Å². The standard InChI is InChI=1S/C12H20N2O/c1-10-4-5-12(15-2)11(8-10)9-14-7-3-6-13/h4-5,8,14H,3,6-7,9,13H2,1-2H3. The Morgan fingerprint density at radius 2 is 2.20 bits per heavy atom. The largest absolute Gasteiger partial charge is 0.496 e. The fourth-order valence-corrected chi connectivity index (χ4v) is 1.50. The van der Waals surface area contributed by atoms with Crippen LogP contribution in [0.4, 0.5) is 0 Å². The van der Waals surface area contributed by atoms with Crippen molar-refractivity contribution in [3.8, 4) is 5.75 Å². The number of aryl methyl sites for hydroxylation is 1. The Labute approximate surface area is 91.6 Å². The molecule has 84 valence electrons. The van der Waals surface area contributed by atoms with Gasteiger partial charge in [0.15, 0.2) is 0 Å². The molecule has 0 heterocycles. The molecule has 0 atom stereocenters. The molecule has 0 saturated heterocycles. The van der Waals surface area contributed by atoms with E-state index in [4.69, 9.17) is 10.5 Å². The minimum absolute atomic E-state index is 0.734. The first-order valence-electron chi connectivity index (χ1n) is 5.32. The van der Waals surface area contributed by atoms with E-state index in [0.717, 1.165) is 31.8 Å². The van der Waals surface area contributed by atoms with Crippen molar-refractivity contribution in [2.45, 2.75) is 19.9 Å². The first kappa shape index (κ1) is 12.0. The summed E-state index contributed by atoms with van der Waals surface area (Å²) < 4.78 is 5.29. The van der Waals surface area contributed by atoms with Gasteiger partial charge >= 0.3 is 0 Å². The second-order valence-electron chi connectivity index (χ2n) is 3.63. The van der Waals surface area contributed by atoms with Crippen LogP contribution in [0.2, 0.25) is 0 Å². The van der Waals surface area contributed by atoms with Gasteiger partial charge in [-0.1, -0.05) is 17.7 Å². The Morgan fingerprint density at radius 3 is 2.87 bits per heavy atom. The van der Waals surface area contributed by atoms with Crippen molar-refractivity contribution in [2.75, 3.05) is 20.2 Å². The Bertz CT molecular complexity index is 300. The fourth-order valence-electron chi connectivity index (χ4n) is 1.50. The van der Waals surface area contributed by atoms with Crippen LogP contribution in [-0.2, 0) is 6.54 Å². The lowest BCUT2D eigenvalue weighted by Gasteiger charge is -2.10. The van der Waals surface area contributed by atoms with Gasteiger partial charge in [0.2, 0.25) is 0 Å². The van der Waals surface area contributed by atoms with Gasteiger partial charge in [0.25, 0.3) is 0 Å². The average Bonchev–Trinajstić information content (AvgIpc) is 2.25. The van der Waals surface area contributed by atoms with E-state index >= 15 is 0 Å². The summed E-state index contributed by atoms with van der Waals surface area (Å²) in [5.74, 6) is 0.945. The van der Waals surface area contributed by atoms with E-state index in [1.54, 1.807) is 7.11 Å². The van der Waals surface area contributed by atoms with E-state index in [0.29, 0.717) is 0 Å². The van der Waals surface area contributed by atoms with Gasteiger partial charge in [-0.15, -0.1) is 0 Å². The van der Waals surface area contributed by atoms with Crippen molar-refractivity contribution in [2.24, 2.45) is 5.73 Å². The molecule has 15 heavy (non-hydrogen) atoms. The van der Waals surface area contributed by atoms with Crippen molar-refractivity contribution in [3.63, 3.8) is 0 Å². The molecule has 0 radical (unpaired) electrons. The highest BCUT2D eigenvalue weighted by Crippen LogP contribution is 2.19. The molecule has 1 aromatic carbocycles. The molecule has 0 saturated carbocycles. The van der Waals surface area contributed by atoms with Crippen LogP contribution in [0.5, 0.6) is 5.75 Å². The first-order valence-corrected chi connectivity index (χ1v) is 5.32. The van der Waals surface area contributed by atoms with Crippen LogP contribution < -0.4 is 15.8 Å². The zero-order valence-electron chi connectivity index (χ0n) is 9.55. The van der Waals surface area contributed by atoms with E-state index in [-0.39, 0.29) is 0 Å². The first-order chi connectivity index (χ1) is 7.27. The van der Waals surface area contributed by atoms with Crippen LogP contribution in [-0.4, -0.2) is 20.2 Å². The maximum atomic E-state index is 5.42. The molecule has 0 fully saturated rings. The molecule has 0 aliphatic carbocycles. The van der Waals surface area contributed by atoms with Gasteiger partial charge in [-0.2, -0.15) is 0 Å². The topological polar surface area (TPSA) is 47.3 Å². The summed E-state index contributed by atoms with van der Waals surface area (Å²) in [7, 11) is 1.70. The SMILES string of the molecule is COc1ccc(C)cc1CNCCCN. The van der Waals surface area contributed by atoms with Crippen molar-refractivity contribution in [1.82, 2.24) is 5.32 Å². The Balaban J connectivity index is 2.54. The number of nitrogens with two attached hydrogens (primary N) is 1. The van der Waals surface area contributed by atoms with Gasteiger partial charge in [-0.05, 0) is 32.5 Å². The third kappa shape index (κ3) is 3.90. The van der Waals surface area contributed by atoms with Gasteiger partial charge < -0.3 is 15.8 Å². The second-order valence-corrected chi connectivity index (χ2v) is 3.63. The van der Waals surface area contributed by atoms with Crippen LogP contribution >= 0.6 is 0 Å². The normalized spacial score (nSPS) is 10.3. The molecule has 3 nitrogen and oxygen atoms in total. The Kier molecular flexibility index (Phi) is 5.15. The summed E-state index contributed by atoms with van der Waals surface area (Å²) in [6.07, 6.45) is 1.01. The molecule has 1 aromatic rings. The highest BCUT2D eigenvalue weighted by molar-refractivity contribution is 5.36. The van der Waals surface area contributed by atoms with Crippen LogP contribution in [0.1, 0.15) is 17.5 Å². The van der Waals surface area contributed by atoms with Gasteiger partial charge in [0, 0.05) is 12.1 Å². The number of methoxy groups -OCH3 is 1. The molecule has 0 unspecified atom stereocenters. The van der Waals surface area contributed by atoms with E-state index in [1.807, 2.05) is 6.07 Å². The van der Waals surface area contributed by atoms with Crippen LogP contribution in [0.15, 0.2) is 18.2 Å². The summed E-state index contributed by atoms with van der Waals surface area (Å²) in [5, 5.41) is 3.34. The molecule has 0 aromatic heterocycles. The minimum Gasteiger partial charge on any atom is -0.496 e. The molecule has 1 rings (SSSR count). The lowest BCUT2D eigenvalue weighted by molar-refractivity contribution is 0.407. The highest BCUT2D eigenvalue weighted by atomic mass is 16.5. The number of benzene rings is 1. The summed E-state index contributed by atoms with van der Waals surface area (Å²) >= 11 is 0. The van der Waals surface area contributed by atoms with Gasteiger partial charge in [-0.25, -0.2) is 0 Å². The van der Waals surface area contributed by atoms with Crippen molar-refractivity contribution < 1.29 is 4.74 Å². The molecule has 0 amide bonds. The van der Waals surface area contributed by atoms with E-state index in [9.17, 15) is 0 Å². The zero-order chi connectivity index (χ0) is 11.1. The third-order valence-corrected chi connectivity index (χ3v) is 2.31. The van der Waals surface area contributed by atoms with Crippen LogP contribution in [0.25, 0.3) is 0 Å². The molecular weight excluding hydrogens is 188 g/mol. The van der Waals surface area contributed by atoms with Gasteiger partial charge in [0.05, 0.1) is 7.11 Å². The zero-order valence-corrected chi connectivity index (χ0v) is 9.55. The molecular formula is C12H20N2O. The monoisotopic (exact) mass is 208 g/mol. The Hall–Kier alpha value is -1.06. The van der Waals surface area contributed by atoms with E-state index in [1.165, 1.54) is 11.1 Å². The summed E-state index contributed by atoms with van der Waals surface area (Å²) in [6.45, 7) is 4.61. The summed E-state index contributed by atoms with van der Waals surface area (Å²) in [4.78, 5) is 0. The molecule has 0 bridgehead atoms. The predicted molar refractivity (Wildman–Crippen MR) is 63.1 cm³/mol. The fraction of sp³-hybridized carbons (Fsp3) is 0.500.